The molecule has 1 aliphatic rings. The van der Waals surface area contributed by atoms with Crippen LogP contribution in [-0.4, -0.2) is 30.6 Å². The van der Waals surface area contributed by atoms with Gasteiger partial charge in [0.25, 0.3) is 0 Å². The van der Waals surface area contributed by atoms with Crippen molar-refractivity contribution in [3.8, 4) is 6.07 Å². The topological polar surface area (TPSA) is 36.3 Å². The van der Waals surface area contributed by atoms with Crippen molar-refractivity contribution in [1.29, 1.82) is 5.26 Å². The second-order valence-corrected chi connectivity index (χ2v) is 4.99. The first-order valence-electron chi connectivity index (χ1n) is 6.52. The van der Waals surface area contributed by atoms with Gasteiger partial charge in [0.05, 0.1) is 25.3 Å². The molecule has 2 rings (SSSR count). The van der Waals surface area contributed by atoms with E-state index in [-0.39, 0.29) is 6.10 Å². The standard InChI is InChI=1S/C15H20N2O/c1-12(2)17(9-8-16)11-15-14-6-4-3-5-13(14)7-10-18-15/h3-6,12,15H,7,9-11H2,1-2H3. The lowest BCUT2D eigenvalue weighted by atomic mass is 9.97. The molecule has 1 aromatic carbocycles. The third-order valence-corrected chi connectivity index (χ3v) is 3.50. The summed E-state index contributed by atoms with van der Waals surface area (Å²) in [5.74, 6) is 0. The Balaban J connectivity index is 2.13. The van der Waals surface area contributed by atoms with Gasteiger partial charge < -0.3 is 4.74 Å². The molecular weight excluding hydrogens is 224 g/mol. The number of fused-ring (bicyclic) bond motifs is 1. The summed E-state index contributed by atoms with van der Waals surface area (Å²) in [6.45, 7) is 6.26. The Bertz CT molecular complexity index is 436. The van der Waals surface area contributed by atoms with E-state index in [1.54, 1.807) is 0 Å². The molecule has 3 heteroatoms. The van der Waals surface area contributed by atoms with Crippen LogP contribution in [0.2, 0.25) is 0 Å². The van der Waals surface area contributed by atoms with Gasteiger partial charge in [-0.05, 0) is 31.4 Å². The Labute approximate surface area is 109 Å². The number of nitrogens with zero attached hydrogens (tertiary/aromatic N) is 2. The summed E-state index contributed by atoms with van der Waals surface area (Å²) in [4.78, 5) is 2.16. The van der Waals surface area contributed by atoms with Crippen LogP contribution in [0.25, 0.3) is 0 Å². The van der Waals surface area contributed by atoms with Crippen molar-refractivity contribution in [2.45, 2.75) is 32.4 Å². The van der Waals surface area contributed by atoms with E-state index in [9.17, 15) is 0 Å². The molecule has 0 radical (unpaired) electrons. The minimum absolute atomic E-state index is 0.102. The van der Waals surface area contributed by atoms with Crippen LogP contribution in [0.4, 0.5) is 0 Å². The van der Waals surface area contributed by atoms with E-state index in [1.165, 1.54) is 11.1 Å². The smallest absolute Gasteiger partial charge is 0.0955 e. The third kappa shape index (κ3) is 2.90. The van der Waals surface area contributed by atoms with Gasteiger partial charge in [-0.3, -0.25) is 4.90 Å². The Hall–Kier alpha value is -1.37. The molecule has 0 saturated carbocycles. The molecule has 0 saturated heterocycles. The average Bonchev–Trinajstić information content (AvgIpc) is 2.38. The van der Waals surface area contributed by atoms with E-state index in [2.05, 4.69) is 49.1 Å². The first-order chi connectivity index (χ1) is 8.72. The molecule has 0 fully saturated rings. The van der Waals surface area contributed by atoms with Gasteiger partial charge in [0.1, 0.15) is 0 Å². The molecular formula is C15H20N2O. The Morgan fingerprint density at radius 1 is 1.44 bits per heavy atom. The number of hydrogen-bond acceptors (Lipinski definition) is 3. The van der Waals surface area contributed by atoms with Gasteiger partial charge in [-0.25, -0.2) is 0 Å². The van der Waals surface area contributed by atoms with Crippen LogP contribution in [0.1, 0.15) is 31.1 Å². The molecule has 96 valence electrons. The van der Waals surface area contributed by atoms with E-state index in [0.29, 0.717) is 12.6 Å². The third-order valence-electron chi connectivity index (χ3n) is 3.50. The van der Waals surface area contributed by atoms with Crippen LogP contribution >= 0.6 is 0 Å². The van der Waals surface area contributed by atoms with Crippen molar-refractivity contribution in [3.63, 3.8) is 0 Å². The summed E-state index contributed by atoms with van der Waals surface area (Å²) in [5.41, 5.74) is 2.67. The maximum absolute atomic E-state index is 8.88. The van der Waals surface area contributed by atoms with Crippen molar-refractivity contribution in [2.75, 3.05) is 19.7 Å². The van der Waals surface area contributed by atoms with Crippen LogP contribution in [0.5, 0.6) is 0 Å². The van der Waals surface area contributed by atoms with Gasteiger partial charge in [0.2, 0.25) is 0 Å². The quantitative estimate of drug-likeness (QED) is 0.764. The van der Waals surface area contributed by atoms with Crippen molar-refractivity contribution in [2.24, 2.45) is 0 Å². The van der Waals surface area contributed by atoms with Gasteiger partial charge in [-0.1, -0.05) is 24.3 Å². The number of nitriles is 1. The normalized spacial score (nSPS) is 18.7. The van der Waals surface area contributed by atoms with E-state index in [1.807, 2.05) is 0 Å². The minimum atomic E-state index is 0.102. The van der Waals surface area contributed by atoms with E-state index in [4.69, 9.17) is 10.00 Å². The second kappa shape index (κ2) is 5.99. The summed E-state index contributed by atoms with van der Waals surface area (Å²) in [5, 5.41) is 8.88. The first-order valence-corrected chi connectivity index (χ1v) is 6.52. The van der Waals surface area contributed by atoms with Gasteiger partial charge in [-0.15, -0.1) is 0 Å². The number of hydrogen-bond donors (Lipinski definition) is 0. The second-order valence-electron chi connectivity index (χ2n) is 4.99. The maximum atomic E-state index is 8.88. The molecule has 0 N–H and O–H groups in total. The van der Waals surface area contributed by atoms with Crippen molar-refractivity contribution in [3.05, 3.63) is 35.4 Å². The summed E-state index contributed by atoms with van der Waals surface area (Å²) < 4.78 is 5.88. The zero-order valence-electron chi connectivity index (χ0n) is 11.1. The van der Waals surface area contributed by atoms with Gasteiger partial charge >= 0.3 is 0 Å². The van der Waals surface area contributed by atoms with Crippen LogP contribution in [0, 0.1) is 11.3 Å². The summed E-state index contributed by atoms with van der Waals surface area (Å²) in [7, 11) is 0. The SMILES string of the molecule is CC(C)N(CC#N)CC1OCCc2ccccc21. The van der Waals surface area contributed by atoms with Gasteiger partial charge in [0, 0.05) is 12.6 Å². The highest BCUT2D eigenvalue weighted by atomic mass is 16.5. The fourth-order valence-corrected chi connectivity index (χ4v) is 2.39. The predicted molar refractivity (Wildman–Crippen MR) is 71.2 cm³/mol. The number of rotatable bonds is 4. The molecule has 0 bridgehead atoms. The molecule has 0 aromatic heterocycles. The first kappa shape index (κ1) is 13.1. The Kier molecular flexibility index (Phi) is 4.35. The van der Waals surface area contributed by atoms with E-state index >= 15 is 0 Å². The van der Waals surface area contributed by atoms with Gasteiger partial charge in [0.15, 0.2) is 0 Å². The highest BCUT2D eigenvalue weighted by Crippen LogP contribution is 2.27. The predicted octanol–water partition coefficient (Wildman–Crippen LogP) is 2.53. The zero-order chi connectivity index (χ0) is 13.0. The van der Waals surface area contributed by atoms with E-state index < -0.39 is 0 Å². The fourth-order valence-electron chi connectivity index (χ4n) is 2.39. The number of ether oxygens (including phenoxy) is 1. The van der Waals surface area contributed by atoms with Crippen LogP contribution in [0.15, 0.2) is 24.3 Å². The molecule has 0 aliphatic carbocycles. The highest BCUT2D eigenvalue weighted by molar-refractivity contribution is 5.31. The van der Waals surface area contributed by atoms with E-state index in [0.717, 1.165) is 19.6 Å². The Morgan fingerprint density at radius 2 is 2.22 bits per heavy atom. The van der Waals surface area contributed by atoms with Crippen molar-refractivity contribution in [1.82, 2.24) is 4.90 Å². The molecule has 18 heavy (non-hydrogen) atoms. The minimum Gasteiger partial charge on any atom is -0.372 e. The Morgan fingerprint density at radius 3 is 2.94 bits per heavy atom. The lowest BCUT2D eigenvalue weighted by Crippen LogP contribution is -2.37. The van der Waals surface area contributed by atoms with Crippen molar-refractivity contribution >= 4 is 0 Å². The fraction of sp³-hybridized carbons (Fsp3) is 0.533. The molecule has 0 amide bonds. The van der Waals surface area contributed by atoms with Crippen molar-refractivity contribution < 1.29 is 4.74 Å². The molecule has 1 aliphatic heterocycles. The van der Waals surface area contributed by atoms with Crippen LogP contribution in [-0.2, 0) is 11.2 Å². The zero-order valence-corrected chi connectivity index (χ0v) is 11.1. The highest BCUT2D eigenvalue weighted by Gasteiger charge is 2.23. The molecule has 1 unspecified atom stereocenters. The average molecular weight is 244 g/mol. The largest absolute Gasteiger partial charge is 0.372 e. The molecule has 1 atom stereocenters. The number of benzene rings is 1. The monoisotopic (exact) mass is 244 g/mol. The molecule has 1 heterocycles. The summed E-state index contributed by atoms with van der Waals surface area (Å²) in [6.07, 6.45) is 1.10. The van der Waals surface area contributed by atoms with Crippen LogP contribution in [0.3, 0.4) is 0 Å². The van der Waals surface area contributed by atoms with Crippen LogP contribution < -0.4 is 0 Å². The van der Waals surface area contributed by atoms with Gasteiger partial charge in [-0.2, -0.15) is 5.26 Å². The molecule has 1 aromatic rings. The lowest BCUT2D eigenvalue weighted by Gasteiger charge is -2.32. The summed E-state index contributed by atoms with van der Waals surface area (Å²) >= 11 is 0. The molecule has 0 spiro atoms. The summed E-state index contributed by atoms with van der Waals surface area (Å²) in [6, 6.07) is 11.1. The maximum Gasteiger partial charge on any atom is 0.0955 e. The molecule has 3 nitrogen and oxygen atoms in total. The lowest BCUT2D eigenvalue weighted by molar-refractivity contribution is 0.0124.